The minimum Gasteiger partial charge on any atom is -0.497 e. The summed E-state index contributed by atoms with van der Waals surface area (Å²) in [4.78, 5) is 11.8. The lowest BCUT2D eigenvalue weighted by Crippen LogP contribution is -2.47. The van der Waals surface area contributed by atoms with Gasteiger partial charge in [0.1, 0.15) is 30.2 Å². The van der Waals surface area contributed by atoms with Crippen molar-refractivity contribution in [1.82, 2.24) is 0 Å². The maximum atomic E-state index is 15.1. The number of carbonyl (C=O) groups is 1. The Hall–Kier alpha value is -3.18. The summed E-state index contributed by atoms with van der Waals surface area (Å²) in [5.41, 5.74) is 5.56. The molecule has 0 saturated heterocycles. The van der Waals surface area contributed by atoms with Crippen LogP contribution in [0.25, 0.3) is 11.1 Å². The summed E-state index contributed by atoms with van der Waals surface area (Å²) in [6, 6.07) is 17.2. The molecule has 1 spiro atoms. The topological polar surface area (TPSA) is 44.8 Å². The van der Waals surface area contributed by atoms with E-state index in [1.165, 1.54) is 17.2 Å². The molecule has 0 aromatic heterocycles. The maximum absolute atomic E-state index is 15.1. The fourth-order valence-corrected chi connectivity index (χ4v) is 6.67. The quantitative estimate of drug-likeness (QED) is 0.277. The average Bonchev–Trinajstić information content (AvgIpc) is 2.91. The van der Waals surface area contributed by atoms with Crippen molar-refractivity contribution < 1.29 is 23.4 Å². The van der Waals surface area contributed by atoms with E-state index in [2.05, 4.69) is 39.0 Å². The van der Waals surface area contributed by atoms with Crippen LogP contribution in [0.4, 0.5) is 4.39 Å². The normalized spacial score (nSPS) is 21.1. The Balaban J connectivity index is 1.47. The van der Waals surface area contributed by atoms with Gasteiger partial charge in [0.2, 0.25) is 0 Å². The van der Waals surface area contributed by atoms with Gasteiger partial charge in [-0.1, -0.05) is 39.0 Å². The third kappa shape index (κ3) is 5.09. The standard InChI is InChI=1S/C34H39FO4/c1-33(2,3)32(38-5)29-17-22(8-12-27(29)28-18-25(37-4)11-13-31(28)35)21-39-26-10-9-23-7-6-15-34(30(23)19-26)16-14-24(34)20-36/h8-13,17-20,24,32H,6-7,14-16,21H2,1-5H3/t24-,32+,34+/m1/s1. The largest absolute Gasteiger partial charge is 0.497 e. The van der Waals surface area contributed by atoms with E-state index in [1.54, 1.807) is 26.4 Å². The highest BCUT2D eigenvalue weighted by Gasteiger charge is 2.49. The Morgan fingerprint density at radius 3 is 2.46 bits per heavy atom. The highest BCUT2D eigenvalue weighted by molar-refractivity contribution is 5.70. The van der Waals surface area contributed by atoms with Crippen LogP contribution in [-0.2, 0) is 28.0 Å². The van der Waals surface area contributed by atoms with Crippen molar-refractivity contribution in [2.45, 2.75) is 71.0 Å². The molecule has 0 heterocycles. The highest BCUT2D eigenvalue weighted by atomic mass is 19.1. The van der Waals surface area contributed by atoms with Crippen molar-refractivity contribution in [1.29, 1.82) is 0 Å². The average molecular weight is 531 g/mol. The fraction of sp³-hybridized carbons (Fsp3) is 0.441. The van der Waals surface area contributed by atoms with E-state index in [4.69, 9.17) is 14.2 Å². The molecule has 1 fully saturated rings. The van der Waals surface area contributed by atoms with Crippen LogP contribution >= 0.6 is 0 Å². The molecule has 3 atom stereocenters. The number of methoxy groups -OCH3 is 2. The summed E-state index contributed by atoms with van der Waals surface area (Å²) >= 11 is 0. The zero-order valence-corrected chi connectivity index (χ0v) is 23.7. The van der Waals surface area contributed by atoms with Gasteiger partial charge in [-0.25, -0.2) is 4.39 Å². The van der Waals surface area contributed by atoms with E-state index in [0.29, 0.717) is 17.9 Å². The highest BCUT2D eigenvalue weighted by Crippen LogP contribution is 2.55. The SMILES string of the molecule is COc1ccc(F)c(-c2ccc(COc3ccc4c(c3)[C@@]3(CCC4)CC[C@@H]3C=O)cc2[C@H](OC)C(C)(C)C)c1. The lowest BCUT2D eigenvalue weighted by Gasteiger charge is -2.51. The number of fused-ring (bicyclic) bond motifs is 2. The van der Waals surface area contributed by atoms with Crippen molar-refractivity contribution in [3.8, 4) is 22.6 Å². The number of benzene rings is 3. The minimum atomic E-state index is -0.308. The molecule has 2 aliphatic rings. The summed E-state index contributed by atoms with van der Waals surface area (Å²) in [7, 11) is 3.28. The van der Waals surface area contributed by atoms with Gasteiger partial charge < -0.3 is 19.0 Å². The van der Waals surface area contributed by atoms with E-state index in [9.17, 15) is 4.79 Å². The number of ether oxygens (including phenoxy) is 3. The van der Waals surface area contributed by atoms with E-state index < -0.39 is 0 Å². The zero-order valence-electron chi connectivity index (χ0n) is 23.7. The van der Waals surface area contributed by atoms with Gasteiger partial charge in [0.05, 0.1) is 13.2 Å². The number of carbonyl (C=O) groups excluding carboxylic acids is 1. The van der Waals surface area contributed by atoms with Crippen molar-refractivity contribution in [2.75, 3.05) is 14.2 Å². The molecule has 2 aliphatic carbocycles. The van der Waals surface area contributed by atoms with Gasteiger partial charge in [-0.05, 0) is 102 Å². The van der Waals surface area contributed by atoms with E-state index in [1.807, 2.05) is 18.2 Å². The van der Waals surface area contributed by atoms with Gasteiger partial charge in [-0.2, -0.15) is 0 Å². The van der Waals surface area contributed by atoms with Crippen LogP contribution in [0.3, 0.4) is 0 Å². The Labute approximate surface area is 231 Å². The second-order valence-corrected chi connectivity index (χ2v) is 12.1. The Morgan fingerprint density at radius 2 is 1.79 bits per heavy atom. The lowest BCUT2D eigenvalue weighted by atomic mass is 9.52. The van der Waals surface area contributed by atoms with Gasteiger partial charge in [-0.15, -0.1) is 0 Å². The summed E-state index contributed by atoms with van der Waals surface area (Å²) < 4.78 is 32.7. The van der Waals surface area contributed by atoms with E-state index in [0.717, 1.165) is 60.8 Å². The summed E-state index contributed by atoms with van der Waals surface area (Å²) in [6.45, 7) is 6.72. The predicted molar refractivity (Wildman–Crippen MR) is 152 cm³/mol. The van der Waals surface area contributed by atoms with E-state index >= 15 is 4.39 Å². The maximum Gasteiger partial charge on any atom is 0.131 e. The molecule has 0 bridgehead atoms. The van der Waals surface area contributed by atoms with E-state index in [-0.39, 0.29) is 28.7 Å². The summed E-state index contributed by atoms with van der Waals surface area (Å²) in [5, 5.41) is 0. The van der Waals surface area contributed by atoms with Crippen LogP contribution in [0.2, 0.25) is 0 Å². The Bertz CT molecular complexity index is 1360. The predicted octanol–water partition coefficient (Wildman–Crippen LogP) is 8.00. The second-order valence-electron chi connectivity index (χ2n) is 12.1. The molecule has 4 nitrogen and oxygen atoms in total. The van der Waals surface area contributed by atoms with Crippen LogP contribution in [0.5, 0.6) is 11.5 Å². The molecule has 5 rings (SSSR count). The van der Waals surface area contributed by atoms with Crippen molar-refractivity contribution in [2.24, 2.45) is 11.3 Å². The Kier molecular flexibility index (Phi) is 7.56. The molecule has 206 valence electrons. The molecular formula is C34H39FO4. The van der Waals surface area contributed by atoms with Crippen molar-refractivity contribution >= 4 is 6.29 Å². The van der Waals surface area contributed by atoms with Gasteiger partial charge >= 0.3 is 0 Å². The monoisotopic (exact) mass is 530 g/mol. The van der Waals surface area contributed by atoms with Crippen molar-refractivity contribution in [3.63, 3.8) is 0 Å². The third-order valence-corrected chi connectivity index (χ3v) is 8.75. The molecule has 0 radical (unpaired) electrons. The molecule has 0 aliphatic heterocycles. The number of halogens is 1. The van der Waals surface area contributed by atoms with Crippen LogP contribution < -0.4 is 9.47 Å². The molecule has 0 amide bonds. The number of aryl methyl sites for hydroxylation is 1. The number of hydrogen-bond acceptors (Lipinski definition) is 4. The Morgan fingerprint density at radius 1 is 1.00 bits per heavy atom. The lowest BCUT2D eigenvalue weighted by molar-refractivity contribution is -0.117. The van der Waals surface area contributed by atoms with Gasteiger partial charge in [0.15, 0.2) is 0 Å². The number of aldehydes is 1. The molecule has 0 unspecified atom stereocenters. The fourth-order valence-electron chi connectivity index (χ4n) is 6.67. The molecule has 3 aromatic carbocycles. The second kappa shape index (κ2) is 10.8. The van der Waals surface area contributed by atoms with Crippen LogP contribution in [-0.4, -0.2) is 20.5 Å². The van der Waals surface area contributed by atoms with Crippen LogP contribution in [0, 0.1) is 17.2 Å². The van der Waals surface area contributed by atoms with Gasteiger partial charge in [0, 0.05) is 24.0 Å². The van der Waals surface area contributed by atoms with Crippen molar-refractivity contribution in [3.05, 3.63) is 82.7 Å². The molecule has 39 heavy (non-hydrogen) atoms. The smallest absolute Gasteiger partial charge is 0.131 e. The first-order valence-electron chi connectivity index (χ1n) is 13.9. The molecule has 0 N–H and O–H groups in total. The van der Waals surface area contributed by atoms with Gasteiger partial charge in [-0.3, -0.25) is 0 Å². The molecule has 1 saturated carbocycles. The van der Waals surface area contributed by atoms with Crippen LogP contribution in [0.1, 0.15) is 74.8 Å². The first-order chi connectivity index (χ1) is 18.7. The third-order valence-electron chi connectivity index (χ3n) is 8.75. The minimum absolute atomic E-state index is 0.0112. The first-order valence-corrected chi connectivity index (χ1v) is 13.9. The van der Waals surface area contributed by atoms with Crippen LogP contribution in [0.15, 0.2) is 54.6 Å². The molecular weight excluding hydrogens is 491 g/mol. The first kappa shape index (κ1) is 27.4. The zero-order chi connectivity index (χ0) is 27.8. The molecule has 5 heteroatoms. The number of rotatable bonds is 8. The molecule has 3 aromatic rings. The summed E-state index contributed by atoms with van der Waals surface area (Å²) in [6.07, 6.45) is 6.20. The number of hydrogen-bond donors (Lipinski definition) is 0. The van der Waals surface area contributed by atoms with Gasteiger partial charge in [0.25, 0.3) is 0 Å². The summed E-state index contributed by atoms with van der Waals surface area (Å²) in [5.74, 6) is 1.22.